The molecule has 0 amide bonds. The van der Waals surface area contributed by atoms with E-state index >= 15 is 0 Å². The van der Waals surface area contributed by atoms with Gasteiger partial charge in [-0.1, -0.05) is 25.5 Å². The normalized spacial score (nSPS) is 56.2. The van der Waals surface area contributed by atoms with E-state index in [0.29, 0.717) is 10.8 Å². The average molecular weight is 309 g/mol. The van der Waals surface area contributed by atoms with Crippen molar-refractivity contribution in [2.24, 2.45) is 28.6 Å². The van der Waals surface area contributed by atoms with Crippen molar-refractivity contribution < 1.29 is 5.11 Å². The summed E-state index contributed by atoms with van der Waals surface area (Å²) >= 11 is 6.43. The summed E-state index contributed by atoms with van der Waals surface area (Å²) in [6.07, 6.45) is 12.1. The van der Waals surface area contributed by atoms with Crippen molar-refractivity contribution in [3.63, 3.8) is 0 Å². The number of hydrogen-bond donors (Lipinski definition) is 1. The third-order valence-electron chi connectivity index (χ3n) is 7.99. The Labute approximate surface area is 134 Å². The molecular formula is C19H29ClO. The summed E-state index contributed by atoms with van der Waals surface area (Å²) in [5.41, 5.74) is 2.27. The van der Waals surface area contributed by atoms with Gasteiger partial charge in [0, 0.05) is 5.38 Å². The second-order valence-corrected chi connectivity index (χ2v) is 9.35. The zero-order chi connectivity index (χ0) is 14.8. The number of alkyl halides is 1. The van der Waals surface area contributed by atoms with Crippen molar-refractivity contribution in [2.75, 3.05) is 0 Å². The minimum absolute atomic E-state index is 0.0554. The van der Waals surface area contributed by atoms with Crippen LogP contribution < -0.4 is 0 Å². The lowest BCUT2D eigenvalue weighted by Gasteiger charge is -2.57. The molecule has 0 bridgehead atoms. The summed E-state index contributed by atoms with van der Waals surface area (Å²) in [6.45, 7) is 4.88. The molecule has 0 aromatic rings. The monoisotopic (exact) mass is 308 g/mol. The highest BCUT2D eigenvalue weighted by Gasteiger charge is 2.58. The van der Waals surface area contributed by atoms with Gasteiger partial charge in [0.25, 0.3) is 0 Å². The molecular weight excluding hydrogens is 280 g/mol. The molecule has 3 saturated carbocycles. The van der Waals surface area contributed by atoms with Crippen LogP contribution in [0.15, 0.2) is 11.6 Å². The van der Waals surface area contributed by atoms with Crippen LogP contribution in [-0.2, 0) is 0 Å². The molecule has 0 aliphatic heterocycles. The first-order chi connectivity index (χ1) is 9.95. The molecule has 0 aromatic heterocycles. The zero-order valence-electron chi connectivity index (χ0n) is 13.4. The van der Waals surface area contributed by atoms with Crippen LogP contribution in [-0.4, -0.2) is 16.6 Å². The third kappa shape index (κ3) is 1.92. The Kier molecular flexibility index (Phi) is 3.29. The highest BCUT2D eigenvalue weighted by molar-refractivity contribution is 6.20. The molecule has 4 aliphatic rings. The largest absolute Gasteiger partial charge is 0.393 e. The minimum atomic E-state index is -0.0554. The van der Waals surface area contributed by atoms with Crippen LogP contribution in [0.3, 0.4) is 0 Å². The summed E-state index contributed by atoms with van der Waals surface area (Å²) in [6, 6.07) is 0. The lowest BCUT2D eigenvalue weighted by atomic mass is 9.48. The molecule has 0 heterocycles. The second kappa shape index (κ2) is 4.74. The SMILES string of the molecule is C[C@]12CC[C@H]3[C@@H](CC=C4C[C@H](Cl)CC[C@@]43C)[C@@H]1CC[C@H]2O. The van der Waals surface area contributed by atoms with E-state index in [9.17, 15) is 5.11 Å². The third-order valence-corrected chi connectivity index (χ3v) is 8.37. The molecule has 118 valence electrons. The Morgan fingerprint density at radius 2 is 1.90 bits per heavy atom. The topological polar surface area (TPSA) is 20.2 Å². The molecule has 2 heteroatoms. The fourth-order valence-corrected chi connectivity index (χ4v) is 6.86. The maximum absolute atomic E-state index is 10.5. The number of hydrogen-bond acceptors (Lipinski definition) is 1. The van der Waals surface area contributed by atoms with Crippen LogP contribution in [0.2, 0.25) is 0 Å². The predicted molar refractivity (Wildman–Crippen MR) is 87.4 cm³/mol. The maximum atomic E-state index is 10.5. The number of aliphatic hydroxyl groups is 1. The van der Waals surface area contributed by atoms with Crippen molar-refractivity contribution in [1.29, 1.82) is 0 Å². The van der Waals surface area contributed by atoms with Crippen molar-refractivity contribution in [3.05, 3.63) is 11.6 Å². The van der Waals surface area contributed by atoms with Gasteiger partial charge in [0.2, 0.25) is 0 Å². The Morgan fingerprint density at radius 1 is 1.10 bits per heavy atom. The van der Waals surface area contributed by atoms with Crippen LogP contribution >= 0.6 is 11.6 Å². The predicted octanol–water partition coefficient (Wildman–Crippen LogP) is 4.92. The van der Waals surface area contributed by atoms with E-state index in [4.69, 9.17) is 11.6 Å². The van der Waals surface area contributed by atoms with Gasteiger partial charge >= 0.3 is 0 Å². The van der Waals surface area contributed by atoms with Gasteiger partial charge in [-0.05, 0) is 80.0 Å². The van der Waals surface area contributed by atoms with Gasteiger partial charge in [-0.25, -0.2) is 0 Å². The summed E-state index contributed by atoms with van der Waals surface area (Å²) in [7, 11) is 0. The van der Waals surface area contributed by atoms with E-state index in [1.54, 1.807) is 5.57 Å². The molecule has 0 saturated heterocycles. The molecule has 21 heavy (non-hydrogen) atoms. The molecule has 4 rings (SSSR count). The van der Waals surface area contributed by atoms with Gasteiger partial charge < -0.3 is 5.11 Å². The second-order valence-electron chi connectivity index (χ2n) is 8.74. The van der Waals surface area contributed by atoms with E-state index in [1.165, 1.54) is 38.5 Å². The molecule has 3 fully saturated rings. The molecule has 0 aromatic carbocycles. The molecule has 0 spiro atoms. The highest BCUT2D eigenvalue weighted by Crippen LogP contribution is 2.64. The maximum Gasteiger partial charge on any atom is 0.0596 e. The first-order valence-corrected chi connectivity index (χ1v) is 9.40. The molecule has 1 N–H and O–H groups in total. The summed E-state index contributed by atoms with van der Waals surface area (Å²) in [5.74, 6) is 2.39. The van der Waals surface area contributed by atoms with E-state index in [-0.39, 0.29) is 11.5 Å². The van der Waals surface area contributed by atoms with Crippen LogP contribution in [0.4, 0.5) is 0 Å². The van der Waals surface area contributed by atoms with Gasteiger partial charge in [-0.2, -0.15) is 0 Å². The highest BCUT2D eigenvalue weighted by atomic mass is 35.5. The standard InChI is InChI=1S/C19H29ClO/c1-18-9-7-13(20)11-12(18)3-4-14-15-5-6-17(21)19(15,2)10-8-16(14)18/h3,13-17,21H,4-11H2,1-2H3/t13-,14+,15+,16+,17-,18+,19+/m1/s1. The Morgan fingerprint density at radius 3 is 2.71 bits per heavy atom. The van der Waals surface area contributed by atoms with Crippen molar-refractivity contribution in [3.8, 4) is 0 Å². The first-order valence-electron chi connectivity index (χ1n) is 8.97. The van der Waals surface area contributed by atoms with E-state index in [0.717, 1.165) is 30.6 Å². The molecule has 7 atom stereocenters. The lowest BCUT2D eigenvalue weighted by molar-refractivity contribution is -0.0659. The lowest BCUT2D eigenvalue weighted by Crippen LogP contribution is -2.50. The Bertz CT molecular complexity index is 472. The number of fused-ring (bicyclic) bond motifs is 5. The fraction of sp³-hybridized carbons (Fsp3) is 0.895. The van der Waals surface area contributed by atoms with Crippen molar-refractivity contribution >= 4 is 11.6 Å². The molecule has 0 unspecified atom stereocenters. The summed E-state index contributed by atoms with van der Waals surface area (Å²) in [4.78, 5) is 0. The Balaban J connectivity index is 1.68. The van der Waals surface area contributed by atoms with Gasteiger partial charge in [-0.15, -0.1) is 11.6 Å². The zero-order valence-corrected chi connectivity index (χ0v) is 14.2. The van der Waals surface area contributed by atoms with E-state index in [1.807, 2.05) is 0 Å². The van der Waals surface area contributed by atoms with Gasteiger partial charge in [0.05, 0.1) is 6.10 Å². The smallest absolute Gasteiger partial charge is 0.0596 e. The van der Waals surface area contributed by atoms with Crippen LogP contribution in [0, 0.1) is 28.6 Å². The van der Waals surface area contributed by atoms with E-state index in [2.05, 4.69) is 19.9 Å². The summed E-state index contributed by atoms with van der Waals surface area (Å²) in [5, 5.41) is 10.8. The first kappa shape index (κ1) is 14.6. The number of rotatable bonds is 0. The van der Waals surface area contributed by atoms with Crippen LogP contribution in [0.25, 0.3) is 0 Å². The van der Waals surface area contributed by atoms with Gasteiger partial charge in [0.15, 0.2) is 0 Å². The molecule has 4 aliphatic carbocycles. The number of allylic oxidation sites excluding steroid dienone is 2. The fourth-order valence-electron chi connectivity index (χ4n) is 6.59. The average Bonchev–Trinajstić information content (AvgIpc) is 2.76. The van der Waals surface area contributed by atoms with Gasteiger partial charge in [-0.3, -0.25) is 0 Å². The quantitative estimate of drug-likeness (QED) is 0.497. The van der Waals surface area contributed by atoms with Gasteiger partial charge in [0.1, 0.15) is 0 Å². The van der Waals surface area contributed by atoms with Crippen LogP contribution in [0.1, 0.15) is 65.2 Å². The number of aliphatic hydroxyl groups excluding tert-OH is 1. The minimum Gasteiger partial charge on any atom is -0.393 e. The molecule has 1 nitrogen and oxygen atoms in total. The molecule has 0 radical (unpaired) electrons. The number of halogens is 1. The van der Waals surface area contributed by atoms with Crippen molar-refractivity contribution in [1.82, 2.24) is 0 Å². The van der Waals surface area contributed by atoms with Crippen molar-refractivity contribution in [2.45, 2.75) is 76.7 Å². The van der Waals surface area contributed by atoms with Crippen LogP contribution in [0.5, 0.6) is 0 Å². The summed E-state index contributed by atoms with van der Waals surface area (Å²) < 4.78 is 0. The van der Waals surface area contributed by atoms with E-state index < -0.39 is 0 Å². The Hall–Kier alpha value is -0.0100.